The first kappa shape index (κ1) is 18.7. The van der Waals surface area contributed by atoms with Crippen LogP contribution in [0, 0.1) is 17.8 Å². The van der Waals surface area contributed by atoms with Crippen LogP contribution >= 0.6 is 0 Å². The average molecular weight is 340 g/mol. The molecule has 0 radical (unpaired) electrons. The molecule has 2 fully saturated rings. The fraction of sp³-hybridized carbons (Fsp3) is 0.824. The molecule has 0 aliphatic heterocycles. The molecule has 2 aliphatic rings. The third-order valence-electron chi connectivity index (χ3n) is 5.12. The van der Waals surface area contributed by atoms with Crippen LogP contribution < -0.4 is 11.1 Å². The lowest BCUT2D eigenvalue weighted by molar-refractivity contribution is -0.160. The molecule has 0 aromatic rings. The number of ether oxygens (including phenoxy) is 2. The Morgan fingerprint density at radius 2 is 1.54 bits per heavy atom. The van der Waals surface area contributed by atoms with Crippen molar-refractivity contribution in [3.8, 4) is 0 Å². The van der Waals surface area contributed by atoms with E-state index >= 15 is 0 Å². The maximum absolute atomic E-state index is 12.6. The number of hydrogen-bond acceptors (Lipinski definition) is 6. The molecule has 2 bridgehead atoms. The fourth-order valence-electron chi connectivity index (χ4n) is 3.93. The van der Waals surface area contributed by atoms with Gasteiger partial charge in [-0.1, -0.05) is 6.42 Å². The second kappa shape index (κ2) is 8.46. The van der Waals surface area contributed by atoms with E-state index < -0.39 is 18.0 Å². The largest absolute Gasteiger partial charge is 0.464 e. The third kappa shape index (κ3) is 4.26. The Balaban J connectivity index is 2.01. The summed E-state index contributed by atoms with van der Waals surface area (Å²) in [6, 6.07) is -1.23. The minimum Gasteiger partial charge on any atom is -0.464 e. The third-order valence-corrected chi connectivity index (χ3v) is 5.12. The number of nitrogens with one attached hydrogen (secondary N) is 1. The summed E-state index contributed by atoms with van der Waals surface area (Å²) in [5.74, 6) is -1.38. The first-order valence-corrected chi connectivity index (χ1v) is 8.87. The second-order valence-corrected chi connectivity index (χ2v) is 6.64. The number of carbonyl (C=O) groups is 3. The van der Waals surface area contributed by atoms with Gasteiger partial charge in [-0.05, 0) is 51.4 Å². The molecule has 0 saturated heterocycles. The lowest BCUT2D eigenvalue weighted by Gasteiger charge is -2.43. The molecule has 0 aromatic carbocycles. The Kier molecular flexibility index (Phi) is 6.60. The highest BCUT2D eigenvalue weighted by Crippen LogP contribution is 2.41. The Hall–Kier alpha value is -1.63. The summed E-state index contributed by atoms with van der Waals surface area (Å²) in [5.41, 5.74) is 6.24. The Morgan fingerprint density at radius 3 is 2.00 bits per heavy atom. The van der Waals surface area contributed by atoms with Gasteiger partial charge in [0.2, 0.25) is 11.9 Å². The predicted octanol–water partition coefficient (Wildman–Crippen LogP) is 0.751. The highest BCUT2D eigenvalue weighted by molar-refractivity contribution is 6.02. The van der Waals surface area contributed by atoms with Crippen molar-refractivity contribution >= 4 is 17.8 Å². The van der Waals surface area contributed by atoms with Gasteiger partial charge < -0.3 is 20.5 Å². The van der Waals surface area contributed by atoms with Gasteiger partial charge in [0.05, 0.1) is 13.2 Å². The SMILES string of the molecule is CCOC(=O)C(NC(=O)C1CC2CCCC(C1)C2N)C(=O)OCC. The van der Waals surface area contributed by atoms with Crippen LogP contribution in [0.5, 0.6) is 0 Å². The van der Waals surface area contributed by atoms with Gasteiger partial charge in [-0.25, -0.2) is 9.59 Å². The molecule has 7 nitrogen and oxygen atoms in total. The molecular weight excluding hydrogens is 312 g/mol. The molecule has 2 atom stereocenters. The van der Waals surface area contributed by atoms with Gasteiger partial charge >= 0.3 is 11.9 Å². The van der Waals surface area contributed by atoms with Crippen molar-refractivity contribution in [2.45, 2.75) is 58.0 Å². The molecule has 3 N–H and O–H groups in total. The first-order valence-electron chi connectivity index (χ1n) is 8.87. The quantitative estimate of drug-likeness (QED) is 0.546. The van der Waals surface area contributed by atoms with Gasteiger partial charge in [0, 0.05) is 12.0 Å². The maximum atomic E-state index is 12.6. The summed E-state index contributed by atoms with van der Waals surface area (Å²) in [5, 5.41) is 2.53. The highest BCUT2D eigenvalue weighted by atomic mass is 16.6. The molecule has 2 unspecified atom stereocenters. The minimum absolute atomic E-state index is 0.132. The van der Waals surface area contributed by atoms with Crippen LogP contribution in [0.15, 0.2) is 0 Å². The van der Waals surface area contributed by atoms with Crippen molar-refractivity contribution in [2.24, 2.45) is 23.5 Å². The van der Waals surface area contributed by atoms with E-state index in [2.05, 4.69) is 5.32 Å². The molecule has 0 spiro atoms. The van der Waals surface area contributed by atoms with Crippen LogP contribution in [0.3, 0.4) is 0 Å². The molecule has 2 saturated carbocycles. The summed E-state index contributed by atoms with van der Waals surface area (Å²) < 4.78 is 9.75. The van der Waals surface area contributed by atoms with E-state index in [1.54, 1.807) is 13.8 Å². The van der Waals surface area contributed by atoms with Crippen molar-refractivity contribution in [2.75, 3.05) is 13.2 Å². The number of carbonyl (C=O) groups excluding carboxylic acids is 3. The van der Waals surface area contributed by atoms with Crippen molar-refractivity contribution in [3.63, 3.8) is 0 Å². The number of fused-ring (bicyclic) bond motifs is 2. The lowest BCUT2D eigenvalue weighted by Crippen LogP contribution is -2.53. The number of esters is 2. The number of amides is 1. The summed E-state index contributed by atoms with van der Waals surface area (Å²) in [4.78, 5) is 36.5. The zero-order chi connectivity index (χ0) is 17.7. The normalized spacial score (nSPS) is 29.0. The van der Waals surface area contributed by atoms with Gasteiger partial charge in [-0.2, -0.15) is 0 Å². The zero-order valence-corrected chi connectivity index (χ0v) is 14.5. The molecule has 136 valence electrons. The van der Waals surface area contributed by atoms with E-state index in [-0.39, 0.29) is 31.1 Å². The second-order valence-electron chi connectivity index (χ2n) is 6.64. The van der Waals surface area contributed by atoms with Gasteiger partial charge in [0.25, 0.3) is 0 Å². The van der Waals surface area contributed by atoms with Crippen LogP contribution in [0.25, 0.3) is 0 Å². The Morgan fingerprint density at radius 1 is 1.04 bits per heavy atom. The molecule has 7 heteroatoms. The highest BCUT2D eigenvalue weighted by Gasteiger charge is 2.42. The van der Waals surface area contributed by atoms with E-state index in [1.807, 2.05) is 0 Å². The van der Waals surface area contributed by atoms with E-state index in [1.165, 1.54) is 0 Å². The molecule has 2 rings (SSSR count). The average Bonchev–Trinajstić information content (AvgIpc) is 2.52. The molecule has 24 heavy (non-hydrogen) atoms. The van der Waals surface area contributed by atoms with Gasteiger partial charge in [0.15, 0.2) is 0 Å². The fourth-order valence-corrected chi connectivity index (χ4v) is 3.93. The van der Waals surface area contributed by atoms with Gasteiger partial charge in [0.1, 0.15) is 0 Å². The van der Waals surface area contributed by atoms with Gasteiger partial charge in [-0.3, -0.25) is 4.79 Å². The minimum atomic E-state index is -1.40. The lowest BCUT2D eigenvalue weighted by atomic mass is 9.65. The van der Waals surface area contributed by atoms with E-state index in [4.69, 9.17) is 15.2 Å². The predicted molar refractivity (Wildman–Crippen MR) is 86.7 cm³/mol. The molecule has 0 aromatic heterocycles. The topological polar surface area (TPSA) is 108 Å². The smallest absolute Gasteiger partial charge is 0.340 e. The standard InChI is InChI=1S/C17H28N2O5/c1-3-23-16(21)14(17(22)24-4-2)19-15(20)12-8-10-6-5-7-11(9-12)13(10)18/h10-14H,3-9,18H2,1-2H3,(H,19,20). The van der Waals surface area contributed by atoms with Gasteiger partial charge in [-0.15, -0.1) is 0 Å². The molecular formula is C17H28N2O5. The van der Waals surface area contributed by atoms with E-state index in [9.17, 15) is 14.4 Å². The van der Waals surface area contributed by atoms with Crippen LogP contribution in [0.4, 0.5) is 0 Å². The van der Waals surface area contributed by atoms with Crippen LogP contribution in [-0.2, 0) is 23.9 Å². The number of rotatable bonds is 6. The van der Waals surface area contributed by atoms with Crippen LogP contribution in [0.2, 0.25) is 0 Å². The first-order chi connectivity index (χ1) is 11.5. The maximum Gasteiger partial charge on any atom is 0.340 e. The Labute approximate surface area is 142 Å². The van der Waals surface area contributed by atoms with E-state index in [0.717, 1.165) is 19.3 Å². The van der Waals surface area contributed by atoms with Crippen molar-refractivity contribution < 1.29 is 23.9 Å². The van der Waals surface area contributed by atoms with Crippen LogP contribution in [-0.4, -0.2) is 43.1 Å². The Bertz CT molecular complexity index is 450. The molecule has 1 amide bonds. The number of nitrogens with two attached hydrogens (primary N) is 1. The molecule has 2 aliphatic carbocycles. The zero-order valence-electron chi connectivity index (χ0n) is 14.5. The number of hydrogen-bond donors (Lipinski definition) is 2. The summed E-state index contributed by atoms with van der Waals surface area (Å²) >= 11 is 0. The van der Waals surface area contributed by atoms with Crippen molar-refractivity contribution in [1.29, 1.82) is 0 Å². The molecule has 0 heterocycles. The van der Waals surface area contributed by atoms with Crippen molar-refractivity contribution in [1.82, 2.24) is 5.32 Å². The summed E-state index contributed by atoms with van der Waals surface area (Å²) in [7, 11) is 0. The summed E-state index contributed by atoms with van der Waals surface area (Å²) in [6.07, 6.45) is 4.66. The van der Waals surface area contributed by atoms with Crippen LogP contribution in [0.1, 0.15) is 46.0 Å². The monoisotopic (exact) mass is 340 g/mol. The summed E-state index contributed by atoms with van der Waals surface area (Å²) in [6.45, 7) is 3.55. The van der Waals surface area contributed by atoms with Crippen molar-refractivity contribution in [3.05, 3.63) is 0 Å². The van der Waals surface area contributed by atoms with E-state index in [0.29, 0.717) is 24.7 Å².